The van der Waals surface area contributed by atoms with Gasteiger partial charge in [0.15, 0.2) is 0 Å². The fraction of sp³-hybridized carbons (Fsp3) is 0.600. The molecule has 0 aromatic heterocycles. The average molecular weight is 287 g/mol. The van der Waals surface area contributed by atoms with Crippen LogP contribution >= 0.6 is 0 Å². The van der Waals surface area contributed by atoms with Crippen molar-refractivity contribution in [3.05, 3.63) is 29.3 Å². The van der Waals surface area contributed by atoms with Crippen LogP contribution in [-0.4, -0.2) is 19.3 Å². The van der Waals surface area contributed by atoms with Crippen molar-refractivity contribution in [1.82, 2.24) is 5.32 Å². The lowest BCUT2D eigenvalue weighted by molar-refractivity contribution is -0.136. The quantitative estimate of drug-likeness (QED) is 0.798. The van der Waals surface area contributed by atoms with Gasteiger partial charge in [0.25, 0.3) is 0 Å². The molecule has 0 aliphatic heterocycles. The Morgan fingerprint density at radius 2 is 2.15 bits per heavy atom. The molecule has 0 spiro atoms. The monoisotopic (exact) mass is 287 g/mol. The SMILES string of the molecule is CCNC1CCc2c(OCCCC(F)(F)F)cccc21. The normalized spacial score (nSPS) is 18.1. The highest BCUT2D eigenvalue weighted by Gasteiger charge is 2.27. The molecule has 0 heterocycles. The zero-order valence-electron chi connectivity index (χ0n) is 11.6. The second kappa shape index (κ2) is 6.48. The third kappa shape index (κ3) is 3.88. The molecule has 0 saturated carbocycles. The van der Waals surface area contributed by atoms with Gasteiger partial charge in [-0.1, -0.05) is 19.1 Å². The van der Waals surface area contributed by atoms with E-state index in [1.54, 1.807) is 0 Å². The topological polar surface area (TPSA) is 21.3 Å². The van der Waals surface area contributed by atoms with Gasteiger partial charge in [0.2, 0.25) is 0 Å². The zero-order valence-corrected chi connectivity index (χ0v) is 11.6. The van der Waals surface area contributed by atoms with E-state index in [9.17, 15) is 13.2 Å². The maximum atomic E-state index is 12.1. The first-order chi connectivity index (χ1) is 9.51. The highest BCUT2D eigenvalue weighted by atomic mass is 19.4. The number of hydrogen-bond acceptors (Lipinski definition) is 2. The van der Waals surface area contributed by atoms with E-state index in [0.717, 1.165) is 30.7 Å². The zero-order chi connectivity index (χ0) is 14.6. The van der Waals surface area contributed by atoms with E-state index in [1.165, 1.54) is 5.56 Å². The number of alkyl halides is 3. The van der Waals surface area contributed by atoms with Crippen LogP contribution < -0.4 is 10.1 Å². The summed E-state index contributed by atoms with van der Waals surface area (Å²) in [4.78, 5) is 0. The van der Waals surface area contributed by atoms with Crippen LogP contribution in [0.4, 0.5) is 13.2 Å². The van der Waals surface area contributed by atoms with Crippen molar-refractivity contribution in [3.8, 4) is 5.75 Å². The van der Waals surface area contributed by atoms with Crippen LogP contribution in [0.1, 0.15) is 43.4 Å². The Morgan fingerprint density at radius 1 is 1.35 bits per heavy atom. The van der Waals surface area contributed by atoms with Gasteiger partial charge in [-0.15, -0.1) is 0 Å². The molecule has 112 valence electrons. The Balaban J connectivity index is 1.93. The van der Waals surface area contributed by atoms with Gasteiger partial charge in [-0.3, -0.25) is 0 Å². The fourth-order valence-electron chi connectivity index (χ4n) is 2.67. The van der Waals surface area contributed by atoms with Crippen LogP contribution in [0.25, 0.3) is 0 Å². The first-order valence-corrected chi connectivity index (χ1v) is 7.06. The third-order valence-electron chi connectivity index (χ3n) is 3.54. The fourth-order valence-corrected chi connectivity index (χ4v) is 2.67. The van der Waals surface area contributed by atoms with Crippen LogP contribution in [0, 0.1) is 0 Å². The number of halogens is 3. The molecular weight excluding hydrogens is 267 g/mol. The maximum Gasteiger partial charge on any atom is 0.389 e. The highest BCUT2D eigenvalue weighted by molar-refractivity contribution is 5.45. The number of benzene rings is 1. The second-order valence-electron chi connectivity index (χ2n) is 5.04. The Morgan fingerprint density at radius 3 is 2.85 bits per heavy atom. The van der Waals surface area contributed by atoms with Gasteiger partial charge < -0.3 is 10.1 Å². The van der Waals surface area contributed by atoms with E-state index in [-0.39, 0.29) is 13.0 Å². The minimum Gasteiger partial charge on any atom is -0.493 e. The predicted molar refractivity (Wildman–Crippen MR) is 72.0 cm³/mol. The van der Waals surface area contributed by atoms with E-state index in [2.05, 4.69) is 18.3 Å². The van der Waals surface area contributed by atoms with Gasteiger partial charge in [-0.25, -0.2) is 0 Å². The summed E-state index contributed by atoms with van der Waals surface area (Å²) in [6.07, 6.45) is -2.95. The van der Waals surface area contributed by atoms with Crippen molar-refractivity contribution in [2.75, 3.05) is 13.2 Å². The molecule has 1 aromatic rings. The first-order valence-electron chi connectivity index (χ1n) is 7.06. The van der Waals surface area contributed by atoms with Crippen molar-refractivity contribution in [1.29, 1.82) is 0 Å². The summed E-state index contributed by atoms with van der Waals surface area (Å²) < 4.78 is 41.8. The Hall–Kier alpha value is -1.23. The van der Waals surface area contributed by atoms with Crippen LogP contribution in [0.3, 0.4) is 0 Å². The second-order valence-corrected chi connectivity index (χ2v) is 5.04. The van der Waals surface area contributed by atoms with Crippen LogP contribution in [0.2, 0.25) is 0 Å². The van der Waals surface area contributed by atoms with Crippen LogP contribution in [-0.2, 0) is 6.42 Å². The van der Waals surface area contributed by atoms with Gasteiger partial charge >= 0.3 is 6.18 Å². The standard InChI is InChI=1S/C15H20F3NO/c1-2-19-13-8-7-12-11(13)5-3-6-14(12)20-10-4-9-15(16,17)18/h3,5-6,13,19H,2,4,7-10H2,1H3. The molecule has 20 heavy (non-hydrogen) atoms. The molecule has 2 rings (SSSR count). The van der Waals surface area contributed by atoms with E-state index in [4.69, 9.17) is 4.74 Å². The Kier molecular flexibility index (Phi) is 4.91. The molecule has 1 unspecified atom stereocenters. The summed E-state index contributed by atoms with van der Waals surface area (Å²) in [7, 11) is 0. The Bertz CT molecular complexity index is 445. The molecule has 0 fully saturated rings. The largest absolute Gasteiger partial charge is 0.493 e. The number of rotatable bonds is 6. The van der Waals surface area contributed by atoms with Gasteiger partial charge in [-0.05, 0) is 43.0 Å². The Labute approximate surface area is 117 Å². The third-order valence-corrected chi connectivity index (χ3v) is 3.54. The summed E-state index contributed by atoms with van der Waals surface area (Å²) in [5.41, 5.74) is 2.37. The molecule has 2 nitrogen and oxygen atoms in total. The van der Waals surface area contributed by atoms with Crippen molar-refractivity contribution >= 4 is 0 Å². The molecule has 1 N–H and O–H groups in total. The van der Waals surface area contributed by atoms with Crippen molar-refractivity contribution in [3.63, 3.8) is 0 Å². The minimum absolute atomic E-state index is 0.00378. The maximum absolute atomic E-state index is 12.1. The molecular formula is C15H20F3NO. The van der Waals surface area contributed by atoms with Gasteiger partial charge in [-0.2, -0.15) is 13.2 Å². The lowest BCUT2D eigenvalue weighted by atomic mass is 10.1. The highest BCUT2D eigenvalue weighted by Crippen LogP contribution is 2.37. The minimum atomic E-state index is -4.10. The molecule has 0 bridgehead atoms. The van der Waals surface area contributed by atoms with Gasteiger partial charge in [0.05, 0.1) is 6.61 Å². The smallest absolute Gasteiger partial charge is 0.389 e. The number of ether oxygens (including phenoxy) is 1. The number of fused-ring (bicyclic) bond motifs is 1. The number of nitrogens with one attached hydrogen (secondary N) is 1. The summed E-state index contributed by atoms with van der Waals surface area (Å²) in [6.45, 7) is 3.08. The summed E-state index contributed by atoms with van der Waals surface area (Å²) >= 11 is 0. The van der Waals surface area contributed by atoms with E-state index < -0.39 is 12.6 Å². The van der Waals surface area contributed by atoms with Crippen LogP contribution in [0.15, 0.2) is 18.2 Å². The van der Waals surface area contributed by atoms with E-state index in [0.29, 0.717) is 6.04 Å². The molecule has 0 amide bonds. The van der Waals surface area contributed by atoms with Gasteiger partial charge in [0, 0.05) is 12.5 Å². The molecule has 5 heteroatoms. The van der Waals surface area contributed by atoms with Crippen LogP contribution in [0.5, 0.6) is 5.75 Å². The van der Waals surface area contributed by atoms with Crippen molar-refractivity contribution in [2.24, 2.45) is 0 Å². The summed E-state index contributed by atoms with van der Waals surface area (Å²) in [5.74, 6) is 0.741. The average Bonchev–Trinajstić information content (AvgIpc) is 2.78. The van der Waals surface area contributed by atoms with E-state index in [1.807, 2.05) is 12.1 Å². The number of hydrogen-bond donors (Lipinski definition) is 1. The molecule has 1 aliphatic carbocycles. The van der Waals surface area contributed by atoms with E-state index >= 15 is 0 Å². The van der Waals surface area contributed by atoms with Gasteiger partial charge in [0.1, 0.15) is 5.75 Å². The predicted octanol–water partition coefficient (Wildman–Crippen LogP) is 4.00. The lowest BCUT2D eigenvalue weighted by Crippen LogP contribution is -2.18. The summed E-state index contributed by atoms with van der Waals surface area (Å²) in [6, 6.07) is 6.17. The molecule has 1 aliphatic rings. The lowest BCUT2D eigenvalue weighted by Gasteiger charge is -2.14. The molecule has 1 atom stereocenters. The summed E-state index contributed by atoms with van der Waals surface area (Å²) in [5, 5.41) is 3.41. The first kappa shape index (κ1) is 15.2. The molecule has 1 aromatic carbocycles. The molecule has 0 saturated heterocycles. The molecule has 0 radical (unpaired) electrons. The van der Waals surface area contributed by atoms with Crippen molar-refractivity contribution < 1.29 is 17.9 Å². The van der Waals surface area contributed by atoms with Crippen molar-refractivity contribution in [2.45, 2.75) is 44.8 Å².